The van der Waals surface area contributed by atoms with Gasteiger partial charge in [0.1, 0.15) is 11.6 Å². The second kappa shape index (κ2) is 9.82. The van der Waals surface area contributed by atoms with Crippen LogP contribution in [0.4, 0.5) is 4.39 Å². The van der Waals surface area contributed by atoms with Crippen LogP contribution in [0.5, 0.6) is 5.75 Å². The lowest BCUT2D eigenvalue weighted by molar-refractivity contribution is -0.152. The molecule has 0 spiro atoms. The highest BCUT2D eigenvalue weighted by atomic mass is 32.2. The highest BCUT2D eigenvalue weighted by Crippen LogP contribution is 2.21. The third-order valence-corrected chi connectivity index (χ3v) is 4.53. The zero-order valence-corrected chi connectivity index (χ0v) is 15.3. The third kappa shape index (κ3) is 5.77. The SMILES string of the molecule is COc1ccccc1CNC(=O)[C@@H](C)OC(=O)CSc1ccccc1F. The van der Waals surface area contributed by atoms with Crippen molar-refractivity contribution in [2.24, 2.45) is 0 Å². The second-order valence-corrected chi connectivity index (χ2v) is 6.40. The van der Waals surface area contributed by atoms with Gasteiger partial charge in [-0.15, -0.1) is 11.8 Å². The highest BCUT2D eigenvalue weighted by Gasteiger charge is 2.18. The molecule has 0 fully saturated rings. The van der Waals surface area contributed by atoms with Gasteiger partial charge in [0.25, 0.3) is 5.91 Å². The summed E-state index contributed by atoms with van der Waals surface area (Å²) in [5.74, 6) is -0.810. The fraction of sp³-hybridized carbons (Fsp3) is 0.263. The Bertz CT molecular complexity index is 769. The van der Waals surface area contributed by atoms with Crippen molar-refractivity contribution in [3.8, 4) is 5.75 Å². The van der Waals surface area contributed by atoms with E-state index in [0.717, 1.165) is 17.3 Å². The van der Waals surface area contributed by atoms with Crippen molar-refractivity contribution in [2.75, 3.05) is 12.9 Å². The summed E-state index contributed by atoms with van der Waals surface area (Å²) in [6.45, 7) is 1.75. The maximum absolute atomic E-state index is 13.5. The van der Waals surface area contributed by atoms with Gasteiger partial charge < -0.3 is 14.8 Å². The molecular formula is C19H20FNO4S. The molecule has 2 aromatic rings. The van der Waals surface area contributed by atoms with Crippen molar-refractivity contribution >= 4 is 23.6 Å². The lowest BCUT2D eigenvalue weighted by atomic mass is 10.2. The first kappa shape index (κ1) is 19.8. The zero-order chi connectivity index (χ0) is 18.9. The number of benzene rings is 2. The smallest absolute Gasteiger partial charge is 0.317 e. The molecule has 0 aliphatic heterocycles. The molecule has 0 heterocycles. The van der Waals surface area contributed by atoms with Crippen molar-refractivity contribution in [3.63, 3.8) is 0 Å². The zero-order valence-electron chi connectivity index (χ0n) is 14.5. The first-order chi connectivity index (χ1) is 12.5. The largest absolute Gasteiger partial charge is 0.496 e. The summed E-state index contributed by atoms with van der Waals surface area (Å²) in [6, 6.07) is 13.5. The minimum atomic E-state index is -0.946. The lowest BCUT2D eigenvalue weighted by Gasteiger charge is -2.14. The number of esters is 1. The molecule has 0 saturated carbocycles. The number of para-hydroxylation sites is 1. The van der Waals surface area contributed by atoms with E-state index in [-0.39, 0.29) is 12.3 Å². The Morgan fingerprint density at radius 1 is 1.15 bits per heavy atom. The van der Waals surface area contributed by atoms with Crippen LogP contribution in [0.15, 0.2) is 53.4 Å². The molecule has 0 aromatic heterocycles. The van der Waals surface area contributed by atoms with Crippen LogP contribution in [-0.2, 0) is 20.9 Å². The van der Waals surface area contributed by atoms with Crippen molar-refractivity contribution < 1.29 is 23.5 Å². The van der Waals surface area contributed by atoms with Crippen LogP contribution in [-0.4, -0.2) is 30.8 Å². The number of halogens is 1. The molecule has 0 radical (unpaired) electrons. The van der Waals surface area contributed by atoms with Crippen LogP contribution in [0.1, 0.15) is 12.5 Å². The monoisotopic (exact) mass is 377 g/mol. The van der Waals surface area contributed by atoms with Crippen LogP contribution >= 0.6 is 11.8 Å². The van der Waals surface area contributed by atoms with E-state index in [1.165, 1.54) is 13.0 Å². The molecule has 1 N–H and O–H groups in total. The van der Waals surface area contributed by atoms with Crippen LogP contribution < -0.4 is 10.1 Å². The minimum absolute atomic E-state index is 0.0783. The molecule has 5 nitrogen and oxygen atoms in total. The average Bonchev–Trinajstić information content (AvgIpc) is 2.65. The summed E-state index contributed by atoms with van der Waals surface area (Å²) in [6.07, 6.45) is -0.946. The van der Waals surface area contributed by atoms with E-state index in [0.29, 0.717) is 10.6 Å². The molecule has 2 aromatic carbocycles. The summed E-state index contributed by atoms with van der Waals surface area (Å²) in [5, 5.41) is 2.70. The summed E-state index contributed by atoms with van der Waals surface area (Å²) in [4.78, 5) is 24.3. The summed E-state index contributed by atoms with van der Waals surface area (Å²) < 4.78 is 23.8. The maximum atomic E-state index is 13.5. The normalized spacial score (nSPS) is 11.5. The van der Waals surface area contributed by atoms with Crippen molar-refractivity contribution in [2.45, 2.75) is 24.5 Å². The molecule has 26 heavy (non-hydrogen) atoms. The molecular weight excluding hydrogens is 357 g/mol. The standard InChI is InChI=1S/C19H20FNO4S/c1-13(19(23)21-11-14-7-3-5-9-16(14)24-2)25-18(22)12-26-17-10-6-4-8-15(17)20/h3-10,13H,11-12H2,1-2H3,(H,21,23)/t13-/m1/s1. The van der Waals surface area contributed by atoms with Crippen molar-refractivity contribution in [3.05, 3.63) is 59.9 Å². The number of carbonyl (C=O) groups is 2. The summed E-state index contributed by atoms with van der Waals surface area (Å²) in [5.41, 5.74) is 0.817. The first-order valence-electron chi connectivity index (χ1n) is 7.97. The van der Waals surface area contributed by atoms with E-state index in [4.69, 9.17) is 9.47 Å². The first-order valence-corrected chi connectivity index (χ1v) is 8.96. The van der Waals surface area contributed by atoms with Gasteiger partial charge in [0, 0.05) is 17.0 Å². The number of carbonyl (C=O) groups excluding carboxylic acids is 2. The molecule has 138 valence electrons. The van der Waals surface area contributed by atoms with Gasteiger partial charge in [-0.2, -0.15) is 0 Å². The number of amides is 1. The molecule has 0 saturated heterocycles. The van der Waals surface area contributed by atoms with E-state index < -0.39 is 23.8 Å². The summed E-state index contributed by atoms with van der Waals surface area (Å²) >= 11 is 1.03. The quantitative estimate of drug-likeness (QED) is 0.565. The molecule has 0 aliphatic carbocycles. The molecule has 0 bridgehead atoms. The molecule has 0 unspecified atom stereocenters. The molecule has 7 heteroatoms. The highest BCUT2D eigenvalue weighted by molar-refractivity contribution is 8.00. The maximum Gasteiger partial charge on any atom is 0.317 e. The Labute approximate surface area is 155 Å². The fourth-order valence-corrected chi connectivity index (χ4v) is 2.88. The van der Waals surface area contributed by atoms with E-state index in [2.05, 4.69) is 5.32 Å². The van der Waals surface area contributed by atoms with Gasteiger partial charge >= 0.3 is 5.97 Å². The molecule has 1 atom stereocenters. The predicted molar refractivity (Wildman–Crippen MR) is 97.5 cm³/mol. The Balaban J connectivity index is 1.79. The van der Waals surface area contributed by atoms with Gasteiger partial charge in [0.15, 0.2) is 6.10 Å². The lowest BCUT2D eigenvalue weighted by Crippen LogP contribution is -2.35. The van der Waals surface area contributed by atoms with Crippen LogP contribution in [0.2, 0.25) is 0 Å². The Kier molecular flexibility index (Phi) is 7.47. The third-order valence-electron chi connectivity index (χ3n) is 3.51. The van der Waals surface area contributed by atoms with Gasteiger partial charge in [0.05, 0.1) is 12.9 Å². The Morgan fingerprint density at radius 2 is 1.85 bits per heavy atom. The predicted octanol–water partition coefficient (Wildman–Crippen LogP) is 3.17. The minimum Gasteiger partial charge on any atom is -0.496 e. The van der Waals surface area contributed by atoms with Gasteiger partial charge in [0.2, 0.25) is 0 Å². The molecule has 1 amide bonds. The van der Waals surface area contributed by atoms with Crippen LogP contribution in [0.25, 0.3) is 0 Å². The number of nitrogens with one attached hydrogen (secondary N) is 1. The van der Waals surface area contributed by atoms with Crippen LogP contribution in [0, 0.1) is 5.82 Å². The van der Waals surface area contributed by atoms with E-state index in [1.54, 1.807) is 31.4 Å². The topological polar surface area (TPSA) is 64.6 Å². The van der Waals surface area contributed by atoms with E-state index in [9.17, 15) is 14.0 Å². The van der Waals surface area contributed by atoms with E-state index >= 15 is 0 Å². The number of ether oxygens (including phenoxy) is 2. The van der Waals surface area contributed by atoms with E-state index in [1.807, 2.05) is 18.2 Å². The van der Waals surface area contributed by atoms with Gasteiger partial charge in [-0.25, -0.2) is 4.39 Å². The Morgan fingerprint density at radius 3 is 2.58 bits per heavy atom. The van der Waals surface area contributed by atoms with Gasteiger partial charge in [-0.3, -0.25) is 9.59 Å². The Hall–Kier alpha value is -2.54. The molecule has 2 rings (SSSR count). The van der Waals surface area contributed by atoms with Gasteiger partial charge in [-0.1, -0.05) is 30.3 Å². The number of hydrogen-bond acceptors (Lipinski definition) is 5. The van der Waals surface area contributed by atoms with Gasteiger partial charge in [-0.05, 0) is 25.1 Å². The average molecular weight is 377 g/mol. The number of rotatable bonds is 8. The fourth-order valence-electron chi connectivity index (χ4n) is 2.16. The number of thioether (sulfide) groups is 1. The van der Waals surface area contributed by atoms with Crippen LogP contribution in [0.3, 0.4) is 0 Å². The molecule has 0 aliphatic rings. The van der Waals surface area contributed by atoms with Crippen molar-refractivity contribution in [1.29, 1.82) is 0 Å². The number of methoxy groups -OCH3 is 1. The second-order valence-electron chi connectivity index (χ2n) is 5.38. The number of hydrogen-bond donors (Lipinski definition) is 1. The van der Waals surface area contributed by atoms with Crippen molar-refractivity contribution in [1.82, 2.24) is 5.32 Å². The summed E-state index contributed by atoms with van der Waals surface area (Å²) in [7, 11) is 1.55.